The van der Waals surface area contributed by atoms with Crippen LogP contribution < -0.4 is 5.32 Å². The minimum atomic E-state index is -4.46. The quantitative estimate of drug-likeness (QED) is 0.492. The molecule has 0 bridgehead atoms. The van der Waals surface area contributed by atoms with Crippen LogP contribution in [0.5, 0.6) is 0 Å². The van der Waals surface area contributed by atoms with Gasteiger partial charge in [0.15, 0.2) is 0 Å². The number of hydrogen-bond acceptors (Lipinski definition) is 4. The first-order valence-electron chi connectivity index (χ1n) is 4.27. The Morgan fingerprint density at radius 2 is 1.93 bits per heavy atom. The van der Waals surface area contributed by atoms with Crippen LogP contribution in [0, 0.1) is 0 Å². The van der Waals surface area contributed by atoms with Crippen LogP contribution in [0.4, 0.5) is 4.79 Å². The Kier molecular flexibility index (Phi) is 5.23. The molecular formula is C7H16NO6P. The summed E-state index contributed by atoms with van der Waals surface area (Å²) in [6, 6.07) is 0. The lowest BCUT2D eigenvalue weighted by Gasteiger charge is -2.19. The van der Waals surface area contributed by atoms with Crippen molar-refractivity contribution in [1.82, 2.24) is 5.32 Å². The Morgan fingerprint density at radius 3 is 2.33 bits per heavy atom. The molecule has 0 rings (SSSR count). The molecule has 15 heavy (non-hydrogen) atoms. The molecule has 0 aromatic carbocycles. The average Bonchev–Trinajstić information content (AvgIpc) is 1.92. The summed E-state index contributed by atoms with van der Waals surface area (Å²) < 4.78 is 19.2. The highest BCUT2D eigenvalue weighted by atomic mass is 31.2. The SMILES string of the molecule is CC(C)(C)OC(=O)NCCOP(=O)(O)O. The van der Waals surface area contributed by atoms with Gasteiger partial charge >= 0.3 is 13.9 Å². The molecule has 0 aliphatic rings. The minimum absolute atomic E-state index is 0.0278. The summed E-state index contributed by atoms with van der Waals surface area (Å²) in [5.41, 5.74) is -0.603. The lowest BCUT2D eigenvalue weighted by atomic mass is 10.2. The number of rotatable bonds is 4. The number of hydrogen-bond donors (Lipinski definition) is 3. The zero-order valence-corrected chi connectivity index (χ0v) is 9.78. The third kappa shape index (κ3) is 11.3. The maximum Gasteiger partial charge on any atom is 0.469 e. The molecule has 0 aromatic heterocycles. The molecule has 0 saturated heterocycles. The van der Waals surface area contributed by atoms with E-state index in [1.807, 2.05) is 0 Å². The highest BCUT2D eigenvalue weighted by Crippen LogP contribution is 2.35. The van der Waals surface area contributed by atoms with E-state index in [1.54, 1.807) is 20.8 Å². The summed E-state index contributed by atoms with van der Waals surface area (Å²) in [6.07, 6.45) is -0.656. The van der Waals surface area contributed by atoms with Crippen LogP contribution in [0.2, 0.25) is 0 Å². The van der Waals surface area contributed by atoms with Crippen LogP contribution in [0.15, 0.2) is 0 Å². The van der Waals surface area contributed by atoms with Crippen LogP contribution in [-0.4, -0.2) is 34.6 Å². The van der Waals surface area contributed by atoms with Gasteiger partial charge in [-0.05, 0) is 20.8 Å². The van der Waals surface area contributed by atoms with Gasteiger partial charge in [0.1, 0.15) is 5.60 Å². The van der Waals surface area contributed by atoms with Crippen molar-refractivity contribution in [2.45, 2.75) is 26.4 Å². The van der Waals surface area contributed by atoms with Crippen molar-refractivity contribution in [2.75, 3.05) is 13.2 Å². The number of nitrogens with one attached hydrogen (secondary N) is 1. The maximum atomic E-state index is 11.0. The van der Waals surface area contributed by atoms with Gasteiger partial charge < -0.3 is 19.8 Å². The first-order chi connectivity index (χ1) is 6.60. The van der Waals surface area contributed by atoms with Gasteiger partial charge in [-0.25, -0.2) is 9.36 Å². The van der Waals surface area contributed by atoms with E-state index in [0.29, 0.717) is 0 Å². The number of phosphoric ester groups is 1. The molecule has 0 saturated carbocycles. The van der Waals surface area contributed by atoms with Crippen molar-refractivity contribution in [3.63, 3.8) is 0 Å². The lowest BCUT2D eigenvalue weighted by molar-refractivity contribution is 0.0515. The molecule has 0 aliphatic carbocycles. The molecule has 0 heterocycles. The molecule has 3 N–H and O–H groups in total. The number of alkyl carbamates (subject to hydrolysis) is 1. The van der Waals surface area contributed by atoms with E-state index < -0.39 is 19.5 Å². The van der Waals surface area contributed by atoms with E-state index >= 15 is 0 Å². The third-order valence-corrected chi connectivity index (χ3v) is 1.55. The van der Waals surface area contributed by atoms with Gasteiger partial charge in [-0.1, -0.05) is 0 Å². The average molecular weight is 241 g/mol. The second kappa shape index (κ2) is 5.46. The van der Waals surface area contributed by atoms with E-state index in [1.165, 1.54) is 0 Å². The number of ether oxygens (including phenoxy) is 1. The molecule has 0 aromatic rings. The normalized spacial score (nSPS) is 12.3. The summed E-state index contributed by atoms with van der Waals surface area (Å²) in [4.78, 5) is 27.6. The molecule has 8 heteroatoms. The Labute approximate surface area is 88.0 Å². The summed E-state index contributed by atoms with van der Waals surface area (Å²) in [7, 11) is -4.46. The number of amides is 1. The third-order valence-electron chi connectivity index (χ3n) is 1.03. The van der Waals surface area contributed by atoms with Crippen LogP contribution in [0.3, 0.4) is 0 Å². The topological polar surface area (TPSA) is 105 Å². The summed E-state index contributed by atoms with van der Waals surface area (Å²) in [5, 5.41) is 2.28. The predicted molar refractivity (Wildman–Crippen MR) is 52.2 cm³/mol. The molecule has 90 valence electrons. The molecule has 0 unspecified atom stereocenters. The van der Waals surface area contributed by atoms with Gasteiger partial charge in [0.25, 0.3) is 0 Å². The molecule has 0 atom stereocenters. The fraction of sp³-hybridized carbons (Fsp3) is 0.857. The molecule has 0 spiro atoms. The van der Waals surface area contributed by atoms with E-state index in [4.69, 9.17) is 14.5 Å². The van der Waals surface area contributed by atoms with Crippen molar-refractivity contribution >= 4 is 13.9 Å². The van der Waals surface area contributed by atoms with Crippen molar-refractivity contribution in [1.29, 1.82) is 0 Å². The van der Waals surface area contributed by atoms with Crippen LogP contribution in [-0.2, 0) is 13.8 Å². The molecule has 0 aliphatic heterocycles. The number of carbonyl (C=O) groups is 1. The molecule has 0 fully saturated rings. The number of phosphoric acid groups is 1. The lowest BCUT2D eigenvalue weighted by Crippen LogP contribution is -2.34. The minimum Gasteiger partial charge on any atom is -0.444 e. The first kappa shape index (κ1) is 14.4. The van der Waals surface area contributed by atoms with Gasteiger partial charge in [-0.15, -0.1) is 0 Å². The zero-order valence-electron chi connectivity index (χ0n) is 8.89. The van der Waals surface area contributed by atoms with E-state index in [2.05, 4.69) is 9.84 Å². The van der Waals surface area contributed by atoms with Gasteiger partial charge in [-0.3, -0.25) is 4.52 Å². The summed E-state index contributed by atoms with van der Waals surface area (Å²) in [6.45, 7) is 4.82. The van der Waals surface area contributed by atoms with E-state index in [-0.39, 0.29) is 13.2 Å². The molecule has 7 nitrogen and oxygen atoms in total. The van der Waals surface area contributed by atoms with Crippen LogP contribution in [0.1, 0.15) is 20.8 Å². The Hall–Kier alpha value is -0.620. The Morgan fingerprint density at radius 1 is 1.40 bits per heavy atom. The van der Waals surface area contributed by atoms with Gasteiger partial charge in [0, 0.05) is 6.54 Å². The molecule has 1 amide bonds. The fourth-order valence-corrected chi connectivity index (χ4v) is 0.961. The van der Waals surface area contributed by atoms with Crippen molar-refractivity contribution in [2.24, 2.45) is 0 Å². The maximum absolute atomic E-state index is 11.0. The first-order valence-corrected chi connectivity index (χ1v) is 5.80. The monoisotopic (exact) mass is 241 g/mol. The zero-order chi connectivity index (χ0) is 12.1. The van der Waals surface area contributed by atoms with Crippen molar-refractivity contribution < 1.29 is 28.4 Å². The van der Waals surface area contributed by atoms with Crippen LogP contribution >= 0.6 is 7.82 Å². The smallest absolute Gasteiger partial charge is 0.444 e. The molecule has 0 radical (unpaired) electrons. The molecular weight excluding hydrogens is 225 g/mol. The predicted octanol–water partition coefficient (Wildman–Crippen LogP) is 0.620. The largest absolute Gasteiger partial charge is 0.469 e. The van der Waals surface area contributed by atoms with Gasteiger partial charge in [0.2, 0.25) is 0 Å². The highest BCUT2D eigenvalue weighted by molar-refractivity contribution is 7.46. The number of carbonyl (C=O) groups excluding carboxylic acids is 1. The second-order valence-electron chi connectivity index (χ2n) is 3.75. The summed E-state index contributed by atoms with van der Waals surface area (Å²) in [5.74, 6) is 0. The van der Waals surface area contributed by atoms with Crippen molar-refractivity contribution in [3.05, 3.63) is 0 Å². The van der Waals surface area contributed by atoms with Crippen LogP contribution in [0.25, 0.3) is 0 Å². The standard InChI is InChI=1S/C7H16NO6P/c1-7(2,3)14-6(9)8-4-5-13-15(10,11)12/h4-5H2,1-3H3,(H,8,9)(H2,10,11,12). The van der Waals surface area contributed by atoms with Crippen molar-refractivity contribution in [3.8, 4) is 0 Å². The second-order valence-corrected chi connectivity index (χ2v) is 4.99. The van der Waals surface area contributed by atoms with E-state index in [9.17, 15) is 9.36 Å². The van der Waals surface area contributed by atoms with Gasteiger partial charge in [-0.2, -0.15) is 0 Å². The fourth-order valence-electron chi connectivity index (χ4n) is 0.632. The Bertz CT molecular complexity index is 255. The summed E-state index contributed by atoms with van der Waals surface area (Å²) >= 11 is 0. The van der Waals surface area contributed by atoms with E-state index in [0.717, 1.165) is 0 Å². The highest BCUT2D eigenvalue weighted by Gasteiger charge is 2.16. The van der Waals surface area contributed by atoms with Gasteiger partial charge in [0.05, 0.1) is 6.61 Å². The Balaban J connectivity index is 3.61.